The molecule has 106 valence electrons. The van der Waals surface area contributed by atoms with Gasteiger partial charge in [-0.25, -0.2) is 0 Å². The molecule has 1 aliphatic carbocycles. The largest absolute Gasteiger partial charge is 0.355 e. The number of hydrogen-bond donors (Lipinski definition) is 2. The van der Waals surface area contributed by atoms with Crippen LogP contribution in [0.2, 0.25) is 0 Å². The highest BCUT2D eigenvalue weighted by Gasteiger charge is 2.33. The zero-order valence-electron chi connectivity index (χ0n) is 11.8. The zero-order chi connectivity index (χ0) is 12.8. The van der Waals surface area contributed by atoms with Crippen LogP contribution in [-0.4, -0.2) is 45.7 Å². The molecule has 4 nitrogen and oxygen atoms in total. The van der Waals surface area contributed by atoms with E-state index in [1.165, 1.54) is 45.1 Å². The standard InChI is InChI=1S/C14H28N2O2/c1-17-14(18-2)10-16-13-7-4-3-6-11(13)12-8-5-9-15-12/h11-16H,3-10H2,1-2H3. The molecule has 0 aromatic rings. The first-order chi connectivity index (χ1) is 8.85. The maximum absolute atomic E-state index is 5.25. The molecule has 2 fully saturated rings. The van der Waals surface area contributed by atoms with Crippen LogP contribution in [0.25, 0.3) is 0 Å². The van der Waals surface area contributed by atoms with Crippen molar-refractivity contribution in [1.29, 1.82) is 0 Å². The van der Waals surface area contributed by atoms with E-state index in [-0.39, 0.29) is 6.29 Å². The second-order valence-corrected chi connectivity index (χ2v) is 5.57. The van der Waals surface area contributed by atoms with E-state index in [1.54, 1.807) is 14.2 Å². The molecule has 0 bridgehead atoms. The summed E-state index contributed by atoms with van der Waals surface area (Å²) in [6.45, 7) is 1.99. The Morgan fingerprint density at radius 2 is 1.89 bits per heavy atom. The van der Waals surface area contributed by atoms with Crippen LogP contribution in [0.5, 0.6) is 0 Å². The Labute approximate surface area is 111 Å². The lowest BCUT2D eigenvalue weighted by atomic mass is 9.79. The Hall–Kier alpha value is -0.160. The van der Waals surface area contributed by atoms with Crippen molar-refractivity contribution in [2.45, 2.75) is 56.9 Å². The lowest BCUT2D eigenvalue weighted by Crippen LogP contribution is -2.49. The Kier molecular flexibility index (Phi) is 5.89. The predicted molar refractivity (Wildman–Crippen MR) is 72.6 cm³/mol. The molecular weight excluding hydrogens is 228 g/mol. The molecule has 0 aromatic heterocycles. The average Bonchev–Trinajstić information content (AvgIpc) is 2.94. The summed E-state index contributed by atoms with van der Waals surface area (Å²) in [6.07, 6.45) is 7.96. The Bertz CT molecular complexity index is 228. The van der Waals surface area contributed by atoms with E-state index in [0.29, 0.717) is 6.04 Å². The van der Waals surface area contributed by atoms with Crippen LogP contribution in [-0.2, 0) is 9.47 Å². The summed E-state index contributed by atoms with van der Waals surface area (Å²) in [5.41, 5.74) is 0. The van der Waals surface area contributed by atoms with E-state index in [2.05, 4.69) is 10.6 Å². The topological polar surface area (TPSA) is 42.5 Å². The molecule has 4 heteroatoms. The summed E-state index contributed by atoms with van der Waals surface area (Å²) in [6, 6.07) is 1.36. The van der Waals surface area contributed by atoms with Gasteiger partial charge in [0.25, 0.3) is 0 Å². The summed E-state index contributed by atoms with van der Waals surface area (Å²) in [5.74, 6) is 0.788. The number of hydrogen-bond acceptors (Lipinski definition) is 4. The lowest BCUT2D eigenvalue weighted by molar-refractivity contribution is -0.101. The van der Waals surface area contributed by atoms with Crippen LogP contribution in [0.1, 0.15) is 38.5 Å². The SMILES string of the molecule is COC(CNC1CCCCC1C1CCCN1)OC. The van der Waals surface area contributed by atoms with Gasteiger partial charge in [0, 0.05) is 32.8 Å². The molecule has 3 unspecified atom stereocenters. The second kappa shape index (κ2) is 7.43. The van der Waals surface area contributed by atoms with Crippen LogP contribution in [0.4, 0.5) is 0 Å². The lowest BCUT2D eigenvalue weighted by Gasteiger charge is -2.37. The van der Waals surface area contributed by atoms with Crippen molar-refractivity contribution in [1.82, 2.24) is 10.6 Å². The number of nitrogens with one attached hydrogen (secondary N) is 2. The Morgan fingerprint density at radius 1 is 1.11 bits per heavy atom. The fraction of sp³-hybridized carbons (Fsp3) is 1.00. The van der Waals surface area contributed by atoms with Gasteiger partial charge in [0.15, 0.2) is 6.29 Å². The Morgan fingerprint density at radius 3 is 2.56 bits per heavy atom. The van der Waals surface area contributed by atoms with Crippen molar-refractivity contribution in [3.63, 3.8) is 0 Å². The molecule has 0 amide bonds. The van der Waals surface area contributed by atoms with Gasteiger partial charge in [-0.1, -0.05) is 12.8 Å². The van der Waals surface area contributed by atoms with E-state index in [1.807, 2.05) is 0 Å². The van der Waals surface area contributed by atoms with E-state index in [9.17, 15) is 0 Å². The molecule has 1 saturated heterocycles. The van der Waals surface area contributed by atoms with Crippen LogP contribution < -0.4 is 10.6 Å². The minimum Gasteiger partial charge on any atom is -0.355 e. The monoisotopic (exact) mass is 256 g/mol. The molecule has 0 spiro atoms. The minimum absolute atomic E-state index is 0.121. The third-order valence-electron chi connectivity index (χ3n) is 4.51. The molecule has 2 N–H and O–H groups in total. The fourth-order valence-corrected chi connectivity index (χ4v) is 3.48. The van der Waals surface area contributed by atoms with Gasteiger partial charge < -0.3 is 20.1 Å². The van der Waals surface area contributed by atoms with Crippen LogP contribution >= 0.6 is 0 Å². The molecule has 0 aromatic carbocycles. The van der Waals surface area contributed by atoms with Crippen LogP contribution in [0, 0.1) is 5.92 Å². The highest BCUT2D eigenvalue weighted by atomic mass is 16.7. The molecule has 1 heterocycles. The van der Waals surface area contributed by atoms with E-state index >= 15 is 0 Å². The third kappa shape index (κ3) is 3.67. The maximum Gasteiger partial charge on any atom is 0.169 e. The van der Waals surface area contributed by atoms with Gasteiger partial charge in [0.2, 0.25) is 0 Å². The van der Waals surface area contributed by atoms with Crippen molar-refractivity contribution >= 4 is 0 Å². The van der Waals surface area contributed by atoms with Gasteiger partial charge in [-0.2, -0.15) is 0 Å². The summed E-state index contributed by atoms with van der Waals surface area (Å²) in [7, 11) is 3.40. The van der Waals surface area contributed by atoms with Crippen molar-refractivity contribution in [3.05, 3.63) is 0 Å². The van der Waals surface area contributed by atoms with Gasteiger partial charge >= 0.3 is 0 Å². The summed E-state index contributed by atoms with van der Waals surface area (Å²) in [4.78, 5) is 0. The molecule has 2 aliphatic rings. The summed E-state index contributed by atoms with van der Waals surface area (Å²) >= 11 is 0. The highest BCUT2D eigenvalue weighted by molar-refractivity contribution is 4.91. The molecule has 2 rings (SSSR count). The predicted octanol–water partition coefficient (Wildman–Crippen LogP) is 1.51. The zero-order valence-corrected chi connectivity index (χ0v) is 11.8. The number of rotatable bonds is 6. The molecule has 0 radical (unpaired) electrons. The first kappa shape index (κ1) is 14.3. The van der Waals surface area contributed by atoms with Gasteiger partial charge in [-0.15, -0.1) is 0 Å². The first-order valence-electron chi connectivity index (χ1n) is 7.37. The van der Waals surface area contributed by atoms with Crippen molar-refractivity contribution in [2.75, 3.05) is 27.3 Å². The molecule has 1 aliphatic heterocycles. The normalized spacial score (nSPS) is 33.2. The summed E-state index contributed by atoms with van der Waals surface area (Å²) < 4.78 is 10.5. The van der Waals surface area contributed by atoms with Crippen molar-refractivity contribution < 1.29 is 9.47 Å². The molecule has 1 saturated carbocycles. The number of ether oxygens (including phenoxy) is 2. The number of methoxy groups -OCH3 is 2. The smallest absolute Gasteiger partial charge is 0.169 e. The Balaban J connectivity index is 1.83. The van der Waals surface area contributed by atoms with Gasteiger partial charge in [-0.05, 0) is 38.1 Å². The summed E-state index contributed by atoms with van der Waals surface area (Å²) in [5, 5.41) is 7.33. The van der Waals surface area contributed by atoms with Gasteiger partial charge in [-0.3, -0.25) is 0 Å². The van der Waals surface area contributed by atoms with Crippen molar-refractivity contribution in [3.8, 4) is 0 Å². The van der Waals surface area contributed by atoms with Crippen LogP contribution in [0.3, 0.4) is 0 Å². The molecule has 3 atom stereocenters. The van der Waals surface area contributed by atoms with Gasteiger partial charge in [0.1, 0.15) is 0 Å². The molecular formula is C14H28N2O2. The highest BCUT2D eigenvalue weighted by Crippen LogP contribution is 2.30. The molecule has 18 heavy (non-hydrogen) atoms. The van der Waals surface area contributed by atoms with Crippen molar-refractivity contribution in [2.24, 2.45) is 5.92 Å². The third-order valence-corrected chi connectivity index (χ3v) is 4.51. The fourth-order valence-electron chi connectivity index (χ4n) is 3.48. The first-order valence-corrected chi connectivity index (χ1v) is 7.37. The van der Waals surface area contributed by atoms with Gasteiger partial charge in [0.05, 0.1) is 0 Å². The maximum atomic E-state index is 5.25. The minimum atomic E-state index is -0.121. The second-order valence-electron chi connectivity index (χ2n) is 5.57. The van der Waals surface area contributed by atoms with Crippen LogP contribution in [0.15, 0.2) is 0 Å². The van der Waals surface area contributed by atoms with E-state index in [4.69, 9.17) is 9.47 Å². The quantitative estimate of drug-likeness (QED) is 0.707. The van der Waals surface area contributed by atoms with E-state index in [0.717, 1.165) is 18.5 Å². The average molecular weight is 256 g/mol. The van der Waals surface area contributed by atoms with E-state index < -0.39 is 0 Å².